The van der Waals surface area contributed by atoms with E-state index in [0.29, 0.717) is 57.0 Å². The Bertz CT molecular complexity index is 1500. The molecule has 0 aliphatic rings. The molecule has 3 aromatic carbocycles. The monoisotopic (exact) mass is 520 g/mol. The van der Waals surface area contributed by atoms with Crippen LogP contribution >= 0.6 is 0 Å². The fraction of sp³-hybridized carbons (Fsp3) is 0.222. The summed E-state index contributed by atoms with van der Waals surface area (Å²) in [5, 5.41) is 14.0. The van der Waals surface area contributed by atoms with Crippen molar-refractivity contribution in [2.45, 2.75) is 0 Å². The molecule has 0 amide bonds. The second kappa shape index (κ2) is 11.4. The molecule has 0 fully saturated rings. The van der Waals surface area contributed by atoms with E-state index in [4.69, 9.17) is 28.4 Å². The first-order chi connectivity index (χ1) is 18.5. The topological polar surface area (TPSA) is 129 Å². The zero-order chi connectivity index (χ0) is 27.2. The fourth-order valence-electron chi connectivity index (χ4n) is 3.98. The Morgan fingerprint density at radius 2 is 1.18 bits per heavy atom. The number of H-pyrrole nitrogens is 2. The number of nitrogens with one attached hydrogen (secondary N) is 2. The molecule has 1 heterocycles. The number of ether oxygens (including phenoxy) is 6. The van der Waals surface area contributed by atoms with Crippen molar-refractivity contribution in [1.82, 2.24) is 10.2 Å². The molecule has 1 aromatic heterocycles. The summed E-state index contributed by atoms with van der Waals surface area (Å²) < 4.78 is 32.7. The summed E-state index contributed by atoms with van der Waals surface area (Å²) in [6, 6.07) is 14.2. The summed E-state index contributed by atoms with van der Waals surface area (Å²) >= 11 is 0. The van der Waals surface area contributed by atoms with E-state index in [0.717, 1.165) is 5.56 Å². The largest absolute Gasteiger partial charge is 0.496 e. The van der Waals surface area contributed by atoms with Crippen LogP contribution in [0.15, 0.2) is 63.6 Å². The molecule has 0 atom stereocenters. The van der Waals surface area contributed by atoms with Gasteiger partial charge in [0.2, 0.25) is 5.75 Å². The molecule has 38 heavy (non-hydrogen) atoms. The number of rotatable bonds is 10. The van der Waals surface area contributed by atoms with E-state index >= 15 is 0 Å². The van der Waals surface area contributed by atoms with Crippen LogP contribution in [-0.2, 0) is 0 Å². The standard InChI is InChI=1S/C27H28N4O7/c1-33-19-10-8-17(14-18(19)16-12-22(36-4)26(38-6)23(13-16)37-5)28-30-25-24(29-31-27(25)32)15-7-9-20(34-2)21(11-15)35-3/h7-14H,1-6H3,(H2,29,31,32). The van der Waals surface area contributed by atoms with Crippen molar-refractivity contribution >= 4 is 11.4 Å². The van der Waals surface area contributed by atoms with Crippen LogP contribution in [0.25, 0.3) is 22.4 Å². The smallest absolute Gasteiger partial charge is 0.292 e. The van der Waals surface area contributed by atoms with Crippen molar-refractivity contribution in [1.29, 1.82) is 0 Å². The van der Waals surface area contributed by atoms with Crippen LogP contribution in [0.4, 0.5) is 11.4 Å². The average molecular weight is 521 g/mol. The van der Waals surface area contributed by atoms with Gasteiger partial charge >= 0.3 is 0 Å². The van der Waals surface area contributed by atoms with Gasteiger partial charge in [-0.05, 0) is 54.1 Å². The quantitative estimate of drug-likeness (QED) is 0.264. The van der Waals surface area contributed by atoms with Crippen molar-refractivity contribution in [3.63, 3.8) is 0 Å². The second-order valence-corrected chi connectivity index (χ2v) is 7.87. The van der Waals surface area contributed by atoms with E-state index in [-0.39, 0.29) is 5.69 Å². The van der Waals surface area contributed by atoms with Crippen molar-refractivity contribution in [3.05, 3.63) is 58.9 Å². The van der Waals surface area contributed by atoms with Gasteiger partial charge in [0.25, 0.3) is 5.56 Å². The lowest BCUT2D eigenvalue weighted by Crippen LogP contribution is -1.97. The summed E-state index contributed by atoms with van der Waals surface area (Å²) in [6.45, 7) is 0. The zero-order valence-electron chi connectivity index (χ0n) is 21.9. The molecule has 0 aliphatic carbocycles. The molecule has 0 radical (unpaired) electrons. The minimum Gasteiger partial charge on any atom is -0.496 e. The molecule has 0 bridgehead atoms. The molecule has 0 unspecified atom stereocenters. The lowest BCUT2D eigenvalue weighted by Gasteiger charge is -2.16. The molecule has 11 nitrogen and oxygen atoms in total. The van der Waals surface area contributed by atoms with Crippen LogP contribution in [0, 0.1) is 0 Å². The molecule has 0 spiro atoms. The molecule has 2 N–H and O–H groups in total. The first-order valence-corrected chi connectivity index (χ1v) is 11.4. The van der Waals surface area contributed by atoms with Crippen molar-refractivity contribution in [2.24, 2.45) is 10.2 Å². The van der Waals surface area contributed by atoms with Crippen LogP contribution in [0.2, 0.25) is 0 Å². The number of aromatic amines is 2. The van der Waals surface area contributed by atoms with Crippen molar-refractivity contribution in [3.8, 4) is 56.9 Å². The first-order valence-electron chi connectivity index (χ1n) is 11.4. The van der Waals surface area contributed by atoms with Crippen LogP contribution in [0.1, 0.15) is 0 Å². The summed E-state index contributed by atoms with van der Waals surface area (Å²) in [6.07, 6.45) is 0. The molecule has 0 aliphatic heterocycles. The third-order valence-corrected chi connectivity index (χ3v) is 5.85. The fourth-order valence-corrected chi connectivity index (χ4v) is 3.98. The predicted molar refractivity (Wildman–Crippen MR) is 142 cm³/mol. The number of hydrogen-bond acceptors (Lipinski definition) is 9. The molecular formula is C27H28N4O7. The molecule has 11 heteroatoms. The van der Waals surface area contributed by atoms with Crippen molar-refractivity contribution in [2.75, 3.05) is 42.7 Å². The number of benzene rings is 3. The minimum atomic E-state index is -0.420. The maximum Gasteiger partial charge on any atom is 0.292 e. The normalized spacial score (nSPS) is 10.9. The Balaban J connectivity index is 1.75. The molecule has 4 rings (SSSR count). The van der Waals surface area contributed by atoms with E-state index in [1.807, 2.05) is 12.1 Å². The number of aromatic nitrogens is 2. The van der Waals surface area contributed by atoms with Crippen LogP contribution in [0.3, 0.4) is 0 Å². The number of hydrogen-bond donors (Lipinski definition) is 2. The van der Waals surface area contributed by atoms with Gasteiger partial charge in [-0.15, -0.1) is 5.11 Å². The third kappa shape index (κ3) is 4.99. The highest BCUT2D eigenvalue weighted by atomic mass is 16.5. The molecule has 198 valence electrons. The zero-order valence-corrected chi connectivity index (χ0v) is 21.9. The lowest BCUT2D eigenvalue weighted by molar-refractivity contribution is 0.324. The van der Waals surface area contributed by atoms with Crippen LogP contribution in [0.5, 0.6) is 34.5 Å². The Hall–Kier alpha value is -4.93. The first kappa shape index (κ1) is 26.1. The van der Waals surface area contributed by atoms with Crippen LogP contribution < -0.4 is 34.0 Å². The van der Waals surface area contributed by atoms with Gasteiger partial charge in [0.1, 0.15) is 5.75 Å². The maximum atomic E-state index is 12.5. The third-order valence-electron chi connectivity index (χ3n) is 5.85. The Morgan fingerprint density at radius 1 is 0.579 bits per heavy atom. The van der Waals surface area contributed by atoms with Crippen LogP contribution in [-0.4, -0.2) is 52.9 Å². The summed E-state index contributed by atoms with van der Waals surface area (Å²) in [5.74, 6) is 3.14. The van der Waals surface area contributed by atoms with Gasteiger partial charge in [-0.3, -0.25) is 15.0 Å². The van der Waals surface area contributed by atoms with Gasteiger partial charge in [-0.25, -0.2) is 0 Å². The van der Waals surface area contributed by atoms with E-state index < -0.39 is 5.56 Å². The summed E-state index contributed by atoms with van der Waals surface area (Å²) in [7, 11) is 9.31. The molecule has 0 saturated carbocycles. The van der Waals surface area contributed by atoms with Gasteiger partial charge in [0.15, 0.2) is 28.7 Å². The van der Waals surface area contributed by atoms with E-state index in [9.17, 15) is 4.79 Å². The van der Waals surface area contributed by atoms with E-state index in [2.05, 4.69) is 20.4 Å². The highest BCUT2D eigenvalue weighted by Crippen LogP contribution is 2.44. The summed E-state index contributed by atoms with van der Waals surface area (Å²) in [4.78, 5) is 12.5. The lowest BCUT2D eigenvalue weighted by atomic mass is 10.0. The number of azo groups is 1. The molecule has 0 saturated heterocycles. The van der Waals surface area contributed by atoms with Gasteiger partial charge in [0, 0.05) is 11.1 Å². The second-order valence-electron chi connectivity index (χ2n) is 7.87. The average Bonchev–Trinajstić information content (AvgIpc) is 3.34. The van der Waals surface area contributed by atoms with Gasteiger partial charge < -0.3 is 28.4 Å². The predicted octanol–water partition coefficient (Wildman–Crippen LogP) is 5.50. The van der Waals surface area contributed by atoms with E-state index in [1.54, 1.807) is 71.9 Å². The highest BCUT2D eigenvalue weighted by molar-refractivity contribution is 5.78. The van der Waals surface area contributed by atoms with Crippen molar-refractivity contribution < 1.29 is 28.4 Å². The Morgan fingerprint density at radius 3 is 1.79 bits per heavy atom. The van der Waals surface area contributed by atoms with Gasteiger partial charge in [0.05, 0.1) is 54.0 Å². The molecule has 4 aromatic rings. The van der Waals surface area contributed by atoms with E-state index in [1.165, 1.54) is 7.11 Å². The van der Waals surface area contributed by atoms with Gasteiger partial charge in [-0.1, -0.05) is 0 Å². The molecular weight excluding hydrogens is 492 g/mol. The minimum absolute atomic E-state index is 0.113. The Kier molecular flexibility index (Phi) is 7.86. The van der Waals surface area contributed by atoms with Gasteiger partial charge in [-0.2, -0.15) is 5.11 Å². The SMILES string of the molecule is COc1ccc(-c2[nH][nH]c(=O)c2N=Nc2ccc(OC)c(-c3cc(OC)c(OC)c(OC)c3)c2)cc1OC. The summed E-state index contributed by atoms with van der Waals surface area (Å²) in [5.41, 5.74) is 2.78. The number of methoxy groups -OCH3 is 6. The highest BCUT2D eigenvalue weighted by Gasteiger charge is 2.18. The maximum absolute atomic E-state index is 12.5. The number of nitrogens with zero attached hydrogens (tertiary/aromatic N) is 2. The Labute approximate surface area is 218 Å².